The summed E-state index contributed by atoms with van der Waals surface area (Å²) in [6.07, 6.45) is 0.136. The second kappa shape index (κ2) is 11.0. The summed E-state index contributed by atoms with van der Waals surface area (Å²) in [5, 5.41) is 3.01. The Bertz CT molecular complexity index is 1040. The fourth-order valence-electron chi connectivity index (χ4n) is 3.43. The van der Waals surface area contributed by atoms with Gasteiger partial charge in [0.2, 0.25) is 5.91 Å². The summed E-state index contributed by atoms with van der Waals surface area (Å²) in [4.78, 5) is 27.5. The molecule has 6 nitrogen and oxygen atoms in total. The normalized spacial score (nSPS) is 11.3. The van der Waals surface area contributed by atoms with E-state index in [9.17, 15) is 9.59 Å². The predicted octanol–water partition coefficient (Wildman–Crippen LogP) is 4.22. The highest BCUT2D eigenvalue weighted by atomic mass is 16.5. The van der Waals surface area contributed by atoms with Gasteiger partial charge in [-0.15, -0.1) is 0 Å². The summed E-state index contributed by atoms with van der Waals surface area (Å²) in [6, 6.07) is 23.6. The first kappa shape index (κ1) is 22.9. The lowest BCUT2D eigenvalue weighted by Gasteiger charge is -2.24. The van der Waals surface area contributed by atoms with Gasteiger partial charge in [0.05, 0.1) is 26.7 Å². The smallest absolute Gasteiger partial charge is 0.251 e. The minimum absolute atomic E-state index is 0.0925. The molecule has 0 radical (unpaired) electrons. The fourth-order valence-corrected chi connectivity index (χ4v) is 3.43. The molecule has 166 valence electrons. The molecule has 3 aromatic rings. The molecular formula is C26H28N2O4. The van der Waals surface area contributed by atoms with Crippen LogP contribution in [0.2, 0.25) is 0 Å². The van der Waals surface area contributed by atoms with Crippen LogP contribution in [0.3, 0.4) is 0 Å². The van der Waals surface area contributed by atoms with Crippen LogP contribution in [-0.2, 0) is 11.3 Å². The Balaban J connectivity index is 1.74. The highest BCUT2D eigenvalue weighted by Crippen LogP contribution is 2.26. The lowest BCUT2D eigenvalue weighted by Crippen LogP contribution is -2.34. The van der Waals surface area contributed by atoms with E-state index in [1.165, 1.54) is 0 Å². The number of benzene rings is 3. The number of hydrogen-bond donors (Lipinski definition) is 1. The molecule has 3 rings (SSSR count). The van der Waals surface area contributed by atoms with Crippen molar-refractivity contribution in [2.45, 2.75) is 19.0 Å². The average Bonchev–Trinajstić information content (AvgIpc) is 2.84. The number of nitrogens with one attached hydrogen (secondary N) is 1. The van der Waals surface area contributed by atoms with E-state index in [1.54, 1.807) is 44.4 Å². The standard InChI is InChI=1S/C26H28N2O4/c1-28(18-21-14-15-22(31-2)16-24(21)32-3)25(29)17-23(19-10-6-4-7-11-19)27-26(30)20-12-8-5-9-13-20/h4-16,23H,17-18H2,1-3H3,(H,27,30). The Kier molecular flexibility index (Phi) is 7.86. The maximum Gasteiger partial charge on any atom is 0.251 e. The van der Waals surface area contributed by atoms with Crippen molar-refractivity contribution in [1.29, 1.82) is 0 Å². The molecule has 1 N–H and O–H groups in total. The zero-order valence-electron chi connectivity index (χ0n) is 18.6. The van der Waals surface area contributed by atoms with E-state index in [4.69, 9.17) is 9.47 Å². The second-order valence-corrected chi connectivity index (χ2v) is 7.43. The van der Waals surface area contributed by atoms with Crippen LogP contribution in [-0.4, -0.2) is 38.0 Å². The number of rotatable bonds is 9. The molecule has 0 saturated carbocycles. The molecule has 0 bridgehead atoms. The maximum absolute atomic E-state index is 13.1. The molecule has 32 heavy (non-hydrogen) atoms. The zero-order valence-corrected chi connectivity index (χ0v) is 18.6. The van der Waals surface area contributed by atoms with Crippen LogP contribution < -0.4 is 14.8 Å². The van der Waals surface area contributed by atoms with E-state index in [0.29, 0.717) is 23.6 Å². The quantitative estimate of drug-likeness (QED) is 0.550. The first-order valence-electron chi connectivity index (χ1n) is 10.4. The molecule has 0 spiro atoms. The summed E-state index contributed by atoms with van der Waals surface area (Å²) in [6.45, 7) is 0.375. The molecule has 6 heteroatoms. The van der Waals surface area contributed by atoms with E-state index in [-0.39, 0.29) is 18.2 Å². The summed E-state index contributed by atoms with van der Waals surface area (Å²) in [5.41, 5.74) is 2.30. The summed E-state index contributed by atoms with van der Waals surface area (Å²) < 4.78 is 10.7. The molecule has 0 heterocycles. The Morgan fingerprint density at radius 2 is 1.56 bits per heavy atom. The van der Waals surface area contributed by atoms with Crippen LogP contribution in [0.4, 0.5) is 0 Å². The van der Waals surface area contributed by atoms with Gasteiger partial charge in [-0.3, -0.25) is 9.59 Å². The Morgan fingerprint density at radius 3 is 2.19 bits per heavy atom. The van der Waals surface area contributed by atoms with Crippen LogP contribution in [0, 0.1) is 0 Å². The third-order valence-corrected chi connectivity index (χ3v) is 5.25. The molecule has 0 fully saturated rings. The van der Waals surface area contributed by atoms with Gasteiger partial charge in [0.1, 0.15) is 11.5 Å². The average molecular weight is 433 g/mol. The minimum Gasteiger partial charge on any atom is -0.497 e. The van der Waals surface area contributed by atoms with E-state index >= 15 is 0 Å². The SMILES string of the molecule is COc1ccc(CN(C)C(=O)CC(NC(=O)c2ccccc2)c2ccccc2)c(OC)c1. The van der Waals surface area contributed by atoms with Crippen molar-refractivity contribution < 1.29 is 19.1 Å². The van der Waals surface area contributed by atoms with E-state index in [1.807, 2.05) is 60.7 Å². The Labute approximate surface area is 188 Å². The third kappa shape index (κ3) is 5.88. The van der Waals surface area contributed by atoms with Gasteiger partial charge < -0.3 is 19.7 Å². The molecule has 0 aromatic heterocycles. The monoisotopic (exact) mass is 432 g/mol. The highest BCUT2D eigenvalue weighted by Gasteiger charge is 2.22. The van der Waals surface area contributed by atoms with Crippen LogP contribution in [0.15, 0.2) is 78.9 Å². The molecule has 2 amide bonds. The maximum atomic E-state index is 13.1. The van der Waals surface area contributed by atoms with Crippen molar-refractivity contribution in [2.75, 3.05) is 21.3 Å². The lowest BCUT2D eigenvalue weighted by atomic mass is 10.0. The van der Waals surface area contributed by atoms with E-state index in [0.717, 1.165) is 11.1 Å². The van der Waals surface area contributed by atoms with E-state index < -0.39 is 6.04 Å². The van der Waals surface area contributed by atoms with Gasteiger partial charge in [-0.05, 0) is 29.8 Å². The number of methoxy groups -OCH3 is 2. The number of amides is 2. The van der Waals surface area contributed by atoms with Gasteiger partial charge in [0, 0.05) is 30.8 Å². The predicted molar refractivity (Wildman–Crippen MR) is 124 cm³/mol. The van der Waals surface area contributed by atoms with Crippen LogP contribution in [0.1, 0.15) is 33.9 Å². The third-order valence-electron chi connectivity index (χ3n) is 5.25. The van der Waals surface area contributed by atoms with Crippen molar-refractivity contribution in [3.8, 4) is 11.5 Å². The topological polar surface area (TPSA) is 67.9 Å². The summed E-state index contributed by atoms with van der Waals surface area (Å²) in [5.74, 6) is 1.03. The molecule has 0 aliphatic rings. The number of ether oxygens (including phenoxy) is 2. The van der Waals surface area contributed by atoms with Crippen molar-refractivity contribution in [2.24, 2.45) is 0 Å². The van der Waals surface area contributed by atoms with Crippen molar-refractivity contribution in [3.63, 3.8) is 0 Å². The van der Waals surface area contributed by atoms with Crippen LogP contribution in [0.5, 0.6) is 11.5 Å². The van der Waals surface area contributed by atoms with Crippen LogP contribution >= 0.6 is 0 Å². The molecule has 0 saturated heterocycles. The summed E-state index contributed by atoms with van der Waals surface area (Å²) >= 11 is 0. The first-order chi connectivity index (χ1) is 15.5. The molecule has 0 aliphatic carbocycles. The van der Waals surface area contributed by atoms with Gasteiger partial charge >= 0.3 is 0 Å². The van der Waals surface area contributed by atoms with Crippen molar-refractivity contribution >= 4 is 11.8 Å². The molecule has 1 unspecified atom stereocenters. The minimum atomic E-state index is -0.448. The first-order valence-corrected chi connectivity index (χ1v) is 10.4. The van der Waals surface area contributed by atoms with Gasteiger partial charge in [-0.25, -0.2) is 0 Å². The molecule has 0 aliphatic heterocycles. The number of carbonyl (C=O) groups is 2. The molecule has 3 aromatic carbocycles. The zero-order chi connectivity index (χ0) is 22.9. The van der Waals surface area contributed by atoms with Gasteiger partial charge in [0.15, 0.2) is 0 Å². The number of nitrogens with zero attached hydrogens (tertiary/aromatic N) is 1. The second-order valence-electron chi connectivity index (χ2n) is 7.43. The van der Waals surface area contributed by atoms with Gasteiger partial charge in [0.25, 0.3) is 5.91 Å². The lowest BCUT2D eigenvalue weighted by molar-refractivity contribution is -0.130. The van der Waals surface area contributed by atoms with Gasteiger partial charge in [-0.2, -0.15) is 0 Å². The van der Waals surface area contributed by atoms with Crippen molar-refractivity contribution in [1.82, 2.24) is 10.2 Å². The Hall–Kier alpha value is -3.80. The molecular weight excluding hydrogens is 404 g/mol. The number of carbonyl (C=O) groups excluding carboxylic acids is 2. The largest absolute Gasteiger partial charge is 0.497 e. The van der Waals surface area contributed by atoms with Crippen molar-refractivity contribution in [3.05, 3.63) is 95.6 Å². The van der Waals surface area contributed by atoms with Crippen LogP contribution in [0.25, 0.3) is 0 Å². The number of hydrogen-bond acceptors (Lipinski definition) is 4. The van der Waals surface area contributed by atoms with E-state index in [2.05, 4.69) is 5.32 Å². The fraction of sp³-hybridized carbons (Fsp3) is 0.231. The molecule has 1 atom stereocenters. The van der Waals surface area contributed by atoms with Gasteiger partial charge in [-0.1, -0.05) is 48.5 Å². The Morgan fingerprint density at radius 1 is 0.906 bits per heavy atom. The highest BCUT2D eigenvalue weighted by molar-refractivity contribution is 5.94. The summed E-state index contributed by atoms with van der Waals surface area (Å²) in [7, 11) is 4.93.